The van der Waals surface area contributed by atoms with Crippen LogP contribution in [-0.4, -0.2) is 18.1 Å². The van der Waals surface area contributed by atoms with Gasteiger partial charge >= 0.3 is 0 Å². The second kappa shape index (κ2) is 10.9. The SMILES string of the molecule is C=C(C)/C=C/CCNc1nc(NCCCC(=C)C(=C)C)c(C#N)c(C)c1N. The van der Waals surface area contributed by atoms with E-state index in [-0.39, 0.29) is 0 Å². The van der Waals surface area contributed by atoms with E-state index in [1.165, 1.54) is 0 Å². The van der Waals surface area contributed by atoms with Crippen LogP contribution >= 0.6 is 0 Å². The first-order valence-electron chi connectivity index (χ1n) is 9.11. The van der Waals surface area contributed by atoms with E-state index in [0.717, 1.165) is 41.5 Å². The summed E-state index contributed by atoms with van der Waals surface area (Å²) in [6.45, 7) is 18.9. The van der Waals surface area contributed by atoms with E-state index in [9.17, 15) is 5.26 Å². The van der Waals surface area contributed by atoms with Crippen LogP contribution in [0, 0.1) is 18.3 Å². The predicted molar refractivity (Wildman–Crippen MR) is 117 cm³/mol. The van der Waals surface area contributed by atoms with E-state index >= 15 is 0 Å². The van der Waals surface area contributed by atoms with Gasteiger partial charge in [0.15, 0.2) is 5.82 Å². The van der Waals surface area contributed by atoms with E-state index in [2.05, 4.69) is 47.5 Å². The van der Waals surface area contributed by atoms with E-state index in [1.54, 1.807) is 0 Å². The lowest BCUT2D eigenvalue weighted by molar-refractivity contribution is 0.855. The van der Waals surface area contributed by atoms with Crippen LogP contribution in [0.2, 0.25) is 0 Å². The molecule has 0 bridgehead atoms. The van der Waals surface area contributed by atoms with Crippen molar-refractivity contribution >= 4 is 17.3 Å². The van der Waals surface area contributed by atoms with Crippen LogP contribution in [0.1, 0.15) is 44.2 Å². The van der Waals surface area contributed by atoms with Crippen molar-refractivity contribution < 1.29 is 0 Å². The molecule has 27 heavy (non-hydrogen) atoms. The smallest absolute Gasteiger partial charge is 0.152 e. The Morgan fingerprint density at radius 2 is 1.85 bits per heavy atom. The number of hydrogen-bond donors (Lipinski definition) is 3. The summed E-state index contributed by atoms with van der Waals surface area (Å²) in [6.07, 6.45) is 6.61. The minimum atomic E-state index is 0.485. The number of nitrogen functional groups attached to an aromatic ring is 1. The first-order chi connectivity index (χ1) is 12.8. The highest BCUT2D eigenvalue weighted by atomic mass is 15.1. The van der Waals surface area contributed by atoms with Gasteiger partial charge in [0.05, 0.1) is 11.3 Å². The molecule has 0 saturated carbocycles. The van der Waals surface area contributed by atoms with Gasteiger partial charge < -0.3 is 16.4 Å². The number of pyridine rings is 1. The zero-order valence-corrected chi connectivity index (χ0v) is 16.8. The van der Waals surface area contributed by atoms with E-state index < -0.39 is 0 Å². The summed E-state index contributed by atoms with van der Waals surface area (Å²) >= 11 is 0. The van der Waals surface area contributed by atoms with E-state index in [1.807, 2.05) is 26.8 Å². The van der Waals surface area contributed by atoms with Crippen LogP contribution < -0.4 is 16.4 Å². The summed E-state index contributed by atoms with van der Waals surface area (Å²) in [4.78, 5) is 4.54. The number of allylic oxidation sites excluding steroid dienone is 4. The average molecular weight is 366 g/mol. The molecule has 4 N–H and O–H groups in total. The quantitative estimate of drug-likeness (QED) is 0.375. The molecule has 1 aromatic heterocycles. The zero-order valence-electron chi connectivity index (χ0n) is 16.8. The van der Waals surface area contributed by atoms with Crippen molar-refractivity contribution in [2.24, 2.45) is 0 Å². The molecule has 0 fully saturated rings. The highest BCUT2D eigenvalue weighted by Crippen LogP contribution is 2.28. The number of nitriles is 1. The van der Waals surface area contributed by atoms with Gasteiger partial charge in [-0.05, 0) is 45.6 Å². The number of hydrogen-bond acceptors (Lipinski definition) is 5. The summed E-state index contributed by atoms with van der Waals surface area (Å²) in [5.41, 5.74) is 11.0. The van der Waals surface area contributed by atoms with Crippen LogP contribution in [-0.2, 0) is 0 Å². The fourth-order valence-corrected chi connectivity index (χ4v) is 2.40. The van der Waals surface area contributed by atoms with Crippen molar-refractivity contribution in [3.05, 3.63) is 59.7 Å². The maximum atomic E-state index is 9.48. The van der Waals surface area contributed by atoms with Crippen molar-refractivity contribution in [1.82, 2.24) is 4.98 Å². The zero-order chi connectivity index (χ0) is 20.4. The van der Waals surface area contributed by atoms with E-state index in [0.29, 0.717) is 36.0 Å². The third kappa shape index (κ3) is 7.02. The number of rotatable bonds is 11. The molecule has 1 heterocycles. The van der Waals surface area contributed by atoms with Gasteiger partial charge in [-0.15, -0.1) is 0 Å². The number of nitrogens with one attached hydrogen (secondary N) is 2. The molecule has 1 aromatic rings. The number of aromatic nitrogens is 1. The summed E-state index contributed by atoms with van der Waals surface area (Å²) in [5.74, 6) is 1.16. The van der Waals surface area contributed by atoms with E-state index in [4.69, 9.17) is 5.73 Å². The lowest BCUT2D eigenvalue weighted by Gasteiger charge is -2.16. The predicted octanol–water partition coefficient (Wildman–Crippen LogP) is 5.10. The molecular formula is C22H31N5. The van der Waals surface area contributed by atoms with Crippen LogP contribution in [0.15, 0.2) is 48.6 Å². The average Bonchev–Trinajstić information content (AvgIpc) is 2.61. The van der Waals surface area contributed by atoms with Gasteiger partial charge in [0.25, 0.3) is 0 Å². The molecule has 0 spiro atoms. The van der Waals surface area contributed by atoms with Crippen LogP contribution in [0.5, 0.6) is 0 Å². The molecular weight excluding hydrogens is 334 g/mol. The number of nitrogens with zero attached hydrogens (tertiary/aromatic N) is 2. The Morgan fingerprint density at radius 3 is 2.44 bits per heavy atom. The molecule has 0 radical (unpaired) electrons. The highest BCUT2D eigenvalue weighted by Gasteiger charge is 2.14. The topological polar surface area (TPSA) is 86.8 Å². The molecule has 0 atom stereocenters. The number of anilines is 3. The molecule has 1 rings (SSSR count). The summed E-state index contributed by atoms with van der Waals surface area (Å²) in [6, 6.07) is 2.20. The Morgan fingerprint density at radius 1 is 1.19 bits per heavy atom. The van der Waals surface area contributed by atoms with Crippen molar-refractivity contribution in [2.45, 2.75) is 40.0 Å². The molecule has 0 saturated heterocycles. The molecule has 144 valence electrons. The molecule has 0 aliphatic heterocycles. The Kier molecular flexibility index (Phi) is 8.87. The minimum absolute atomic E-state index is 0.485. The van der Waals surface area contributed by atoms with Crippen LogP contribution in [0.25, 0.3) is 0 Å². The molecule has 0 amide bonds. The largest absolute Gasteiger partial charge is 0.395 e. The van der Waals surface area contributed by atoms with Crippen molar-refractivity contribution in [3.63, 3.8) is 0 Å². The summed E-state index contributed by atoms with van der Waals surface area (Å²) in [5, 5.41) is 16.0. The molecule has 0 aliphatic rings. The summed E-state index contributed by atoms with van der Waals surface area (Å²) < 4.78 is 0. The van der Waals surface area contributed by atoms with Gasteiger partial charge in [0.1, 0.15) is 11.9 Å². The van der Waals surface area contributed by atoms with Crippen molar-refractivity contribution in [2.75, 3.05) is 29.5 Å². The Balaban J connectivity index is 2.80. The van der Waals surface area contributed by atoms with Gasteiger partial charge in [-0.1, -0.05) is 48.6 Å². The monoisotopic (exact) mass is 365 g/mol. The standard InChI is InChI=1S/C22H31N5/c1-15(2)10-7-8-12-26-22-20(24)18(6)19(14-23)21(27-22)25-13-9-11-17(5)16(3)4/h7,10H,1,3,5,8-9,11-13,24H2,2,4,6H3,(H2,25,26,27)/b10-7+. The third-order valence-electron chi connectivity index (χ3n) is 4.16. The fourth-order valence-electron chi connectivity index (χ4n) is 2.40. The first kappa shape index (κ1) is 22.0. The van der Waals surface area contributed by atoms with Gasteiger partial charge in [-0.3, -0.25) is 0 Å². The molecule has 5 heteroatoms. The Labute approximate surface area is 163 Å². The lowest BCUT2D eigenvalue weighted by Crippen LogP contribution is -2.12. The molecule has 5 nitrogen and oxygen atoms in total. The third-order valence-corrected chi connectivity index (χ3v) is 4.16. The first-order valence-corrected chi connectivity index (χ1v) is 9.11. The Bertz CT molecular complexity index is 781. The van der Waals surface area contributed by atoms with Crippen molar-refractivity contribution in [3.8, 4) is 6.07 Å². The van der Waals surface area contributed by atoms with Gasteiger partial charge in [-0.25, -0.2) is 4.98 Å². The second-order valence-electron chi connectivity index (χ2n) is 6.71. The maximum absolute atomic E-state index is 9.48. The van der Waals surface area contributed by atoms with Gasteiger partial charge in [0, 0.05) is 13.1 Å². The summed E-state index contributed by atoms with van der Waals surface area (Å²) in [7, 11) is 0. The van der Waals surface area contributed by atoms with Crippen molar-refractivity contribution in [1.29, 1.82) is 5.26 Å². The second-order valence-corrected chi connectivity index (χ2v) is 6.71. The molecule has 0 aromatic carbocycles. The maximum Gasteiger partial charge on any atom is 0.152 e. The van der Waals surface area contributed by atoms with Gasteiger partial charge in [0.2, 0.25) is 0 Å². The fraction of sp³-hybridized carbons (Fsp3) is 0.364. The lowest BCUT2D eigenvalue weighted by atomic mass is 10.1. The normalized spacial score (nSPS) is 10.4. The highest BCUT2D eigenvalue weighted by molar-refractivity contribution is 5.74. The molecule has 0 unspecified atom stereocenters. The van der Waals surface area contributed by atoms with Crippen LogP contribution in [0.3, 0.4) is 0 Å². The number of nitrogens with two attached hydrogens (primary N) is 1. The Hall–Kier alpha value is -3.00. The molecule has 0 aliphatic carbocycles. The van der Waals surface area contributed by atoms with Gasteiger partial charge in [-0.2, -0.15) is 5.26 Å². The van der Waals surface area contributed by atoms with Crippen LogP contribution in [0.4, 0.5) is 17.3 Å². The minimum Gasteiger partial charge on any atom is -0.395 e.